The van der Waals surface area contributed by atoms with Gasteiger partial charge >= 0.3 is 0 Å². The first kappa shape index (κ1) is 12.0. The SMILES string of the molecule is CC(C)C(C)C(O)C1(O)CCCCC1. The summed E-state index contributed by atoms with van der Waals surface area (Å²) in [5, 5.41) is 20.4. The zero-order valence-electron chi connectivity index (χ0n) is 9.66. The minimum atomic E-state index is -0.804. The summed E-state index contributed by atoms with van der Waals surface area (Å²) in [5.74, 6) is 0.606. The van der Waals surface area contributed by atoms with Gasteiger partial charge in [-0.05, 0) is 24.7 Å². The second-order valence-corrected chi connectivity index (χ2v) is 5.21. The number of hydrogen-bond donors (Lipinski definition) is 2. The molecule has 2 unspecified atom stereocenters. The van der Waals surface area contributed by atoms with E-state index < -0.39 is 11.7 Å². The summed E-state index contributed by atoms with van der Waals surface area (Å²) in [6.45, 7) is 6.22. The van der Waals surface area contributed by atoms with E-state index in [0.717, 1.165) is 25.7 Å². The first-order valence-corrected chi connectivity index (χ1v) is 5.88. The van der Waals surface area contributed by atoms with Crippen LogP contribution in [0.3, 0.4) is 0 Å². The highest BCUT2D eigenvalue weighted by Gasteiger charge is 2.40. The van der Waals surface area contributed by atoms with Gasteiger partial charge in [-0.3, -0.25) is 0 Å². The summed E-state index contributed by atoms with van der Waals surface area (Å²) in [4.78, 5) is 0. The zero-order chi connectivity index (χ0) is 10.8. The van der Waals surface area contributed by atoms with Gasteiger partial charge in [-0.25, -0.2) is 0 Å². The second kappa shape index (κ2) is 4.63. The van der Waals surface area contributed by atoms with Crippen molar-refractivity contribution in [2.75, 3.05) is 0 Å². The average Bonchev–Trinajstić information content (AvgIpc) is 2.16. The molecule has 2 N–H and O–H groups in total. The maximum Gasteiger partial charge on any atom is 0.0908 e. The van der Waals surface area contributed by atoms with Crippen molar-refractivity contribution < 1.29 is 10.2 Å². The van der Waals surface area contributed by atoms with Crippen molar-refractivity contribution in [3.63, 3.8) is 0 Å². The largest absolute Gasteiger partial charge is 0.390 e. The number of aliphatic hydroxyl groups excluding tert-OH is 1. The Labute approximate surface area is 87.3 Å². The normalized spacial score (nSPS) is 26.1. The number of hydrogen-bond acceptors (Lipinski definition) is 2. The molecule has 2 atom stereocenters. The molecule has 0 aromatic heterocycles. The fraction of sp³-hybridized carbons (Fsp3) is 1.00. The molecular weight excluding hydrogens is 176 g/mol. The summed E-state index contributed by atoms with van der Waals surface area (Å²) < 4.78 is 0. The zero-order valence-corrected chi connectivity index (χ0v) is 9.66. The number of rotatable bonds is 3. The summed E-state index contributed by atoms with van der Waals surface area (Å²) in [7, 11) is 0. The molecule has 0 aromatic rings. The minimum absolute atomic E-state index is 0.179. The third-order valence-corrected chi connectivity index (χ3v) is 3.82. The van der Waals surface area contributed by atoms with E-state index in [4.69, 9.17) is 0 Å². The van der Waals surface area contributed by atoms with Crippen molar-refractivity contribution in [3.8, 4) is 0 Å². The Bertz CT molecular complexity index is 171. The van der Waals surface area contributed by atoms with Crippen molar-refractivity contribution >= 4 is 0 Å². The van der Waals surface area contributed by atoms with E-state index in [9.17, 15) is 10.2 Å². The van der Waals surface area contributed by atoms with E-state index in [-0.39, 0.29) is 5.92 Å². The van der Waals surface area contributed by atoms with Crippen LogP contribution < -0.4 is 0 Å². The predicted molar refractivity (Wildman–Crippen MR) is 58.0 cm³/mol. The predicted octanol–water partition coefficient (Wildman–Crippen LogP) is 2.33. The molecule has 84 valence electrons. The van der Waals surface area contributed by atoms with Gasteiger partial charge in [0.2, 0.25) is 0 Å². The standard InChI is InChI=1S/C12H24O2/c1-9(2)10(3)11(13)12(14)7-5-4-6-8-12/h9-11,13-14H,4-8H2,1-3H3. The van der Waals surface area contributed by atoms with E-state index in [2.05, 4.69) is 13.8 Å². The molecule has 14 heavy (non-hydrogen) atoms. The molecule has 1 saturated carbocycles. The van der Waals surface area contributed by atoms with Crippen molar-refractivity contribution in [2.45, 2.75) is 64.6 Å². The quantitative estimate of drug-likeness (QED) is 0.734. The lowest BCUT2D eigenvalue weighted by Gasteiger charge is -2.40. The molecule has 2 heteroatoms. The van der Waals surface area contributed by atoms with Crippen molar-refractivity contribution in [3.05, 3.63) is 0 Å². The van der Waals surface area contributed by atoms with Gasteiger partial charge in [-0.1, -0.05) is 40.0 Å². The highest BCUT2D eigenvalue weighted by Crippen LogP contribution is 2.35. The summed E-state index contributed by atoms with van der Waals surface area (Å²) in [5.41, 5.74) is -0.804. The van der Waals surface area contributed by atoms with Crippen molar-refractivity contribution in [2.24, 2.45) is 11.8 Å². The summed E-state index contributed by atoms with van der Waals surface area (Å²) in [6, 6.07) is 0. The first-order valence-electron chi connectivity index (χ1n) is 5.88. The Kier molecular flexibility index (Phi) is 3.96. The molecule has 0 saturated heterocycles. The Balaban J connectivity index is 2.60. The van der Waals surface area contributed by atoms with Gasteiger partial charge in [0.05, 0.1) is 11.7 Å². The van der Waals surface area contributed by atoms with Crippen LogP contribution in [-0.2, 0) is 0 Å². The second-order valence-electron chi connectivity index (χ2n) is 5.21. The lowest BCUT2D eigenvalue weighted by Crippen LogP contribution is -2.48. The third-order valence-electron chi connectivity index (χ3n) is 3.82. The van der Waals surface area contributed by atoms with Gasteiger partial charge in [0.25, 0.3) is 0 Å². The molecule has 0 radical (unpaired) electrons. The van der Waals surface area contributed by atoms with Gasteiger partial charge < -0.3 is 10.2 Å². The maximum atomic E-state index is 10.3. The molecule has 1 fully saturated rings. The molecule has 1 aliphatic carbocycles. The van der Waals surface area contributed by atoms with Crippen LogP contribution in [0.25, 0.3) is 0 Å². The molecule has 0 bridgehead atoms. The maximum absolute atomic E-state index is 10.3. The van der Waals surface area contributed by atoms with Gasteiger partial charge in [-0.15, -0.1) is 0 Å². The number of aliphatic hydroxyl groups is 2. The van der Waals surface area contributed by atoms with Crippen LogP contribution in [0, 0.1) is 11.8 Å². The summed E-state index contributed by atoms with van der Waals surface area (Å²) in [6.07, 6.45) is 4.29. The third kappa shape index (κ3) is 2.48. The summed E-state index contributed by atoms with van der Waals surface area (Å²) >= 11 is 0. The molecule has 0 amide bonds. The lowest BCUT2D eigenvalue weighted by atomic mass is 9.74. The van der Waals surface area contributed by atoms with Gasteiger partial charge in [0.1, 0.15) is 0 Å². The molecule has 2 nitrogen and oxygen atoms in total. The molecular formula is C12H24O2. The Morgan fingerprint density at radius 2 is 1.50 bits per heavy atom. The Morgan fingerprint density at radius 3 is 1.93 bits per heavy atom. The van der Waals surface area contributed by atoms with Crippen LogP contribution in [0.15, 0.2) is 0 Å². The Hall–Kier alpha value is -0.0800. The first-order chi connectivity index (χ1) is 6.47. The highest BCUT2D eigenvalue weighted by atomic mass is 16.3. The molecule has 0 heterocycles. The average molecular weight is 200 g/mol. The fourth-order valence-corrected chi connectivity index (χ4v) is 2.31. The van der Waals surface area contributed by atoms with Gasteiger partial charge in [0, 0.05) is 0 Å². The van der Waals surface area contributed by atoms with Gasteiger partial charge in [-0.2, -0.15) is 0 Å². The lowest BCUT2D eigenvalue weighted by molar-refractivity contribution is -0.123. The van der Waals surface area contributed by atoms with Crippen LogP contribution in [0.2, 0.25) is 0 Å². The van der Waals surface area contributed by atoms with Crippen LogP contribution in [0.4, 0.5) is 0 Å². The van der Waals surface area contributed by atoms with E-state index in [1.165, 1.54) is 6.42 Å². The molecule has 1 rings (SSSR count). The van der Waals surface area contributed by atoms with Crippen LogP contribution >= 0.6 is 0 Å². The Morgan fingerprint density at radius 1 is 1.00 bits per heavy atom. The molecule has 0 spiro atoms. The fourth-order valence-electron chi connectivity index (χ4n) is 2.31. The van der Waals surface area contributed by atoms with Crippen LogP contribution in [0.5, 0.6) is 0 Å². The highest BCUT2D eigenvalue weighted by molar-refractivity contribution is 4.92. The van der Waals surface area contributed by atoms with E-state index >= 15 is 0 Å². The van der Waals surface area contributed by atoms with Crippen LogP contribution in [0.1, 0.15) is 52.9 Å². The smallest absolute Gasteiger partial charge is 0.0908 e. The van der Waals surface area contributed by atoms with Crippen molar-refractivity contribution in [1.29, 1.82) is 0 Å². The van der Waals surface area contributed by atoms with Crippen molar-refractivity contribution in [1.82, 2.24) is 0 Å². The van der Waals surface area contributed by atoms with E-state index in [1.807, 2.05) is 6.92 Å². The topological polar surface area (TPSA) is 40.5 Å². The monoisotopic (exact) mass is 200 g/mol. The van der Waals surface area contributed by atoms with E-state index in [0.29, 0.717) is 5.92 Å². The van der Waals surface area contributed by atoms with Crippen LogP contribution in [-0.4, -0.2) is 21.9 Å². The molecule has 0 aromatic carbocycles. The van der Waals surface area contributed by atoms with Gasteiger partial charge in [0.15, 0.2) is 0 Å². The van der Waals surface area contributed by atoms with E-state index in [1.54, 1.807) is 0 Å². The molecule has 1 aliphatic rings. The molecule has 0 aliphatic heterocycles. The minimum Gasteiger partial charge on any atom is -0.390 e.